The highest BCUT2D eigenvalue weighted by Gasteiger charge is 2.33. The van der Waals surface area contributed by atoms with E-state index in [0.29, 0.717) is 17.1 Å². The number of carbonyl (C=O) groups excluding carboxylic acids is 2. The van der Waals surface area contributed by atoms with Gasteiger partial charge in [-0.15, -0.1) is 0 Å². The fourth-order valence-electron chi connectivity index (χ4n) is 3.96. The third-order valence-electron chi connectivity index (χ3n) is 6.25. The number of hydrogen-bond acceptors (Lipinski definition) is 4. The van der Waals surface area contributed by atoms with E-state index in [1.807, 2.05) is 13.8 Å². The molecule has 0 aliphatic carbocycles. The number of aryl methyl sites for hydroxylation is 1. The van der Waals surface area contributed by atoms with Gasteiger partial charge in [-0.05, 0) is 62.2 Å². The van der Waals surface area contributed by atoms with Gasteiger partial charge in [-0.1, -0.05) is 66.9 Å². The summed E-state index contributed by atoms with van der Waals surface area (Å²) in [5.41, 5.74) is 1.23. The van der Waals surface area contributed by atoms with Gasteiger partial charge in [-0.25, -0.2) is 12.8 Å². The average Bonchev–Trinajstić information content (AvgIpc) is 2.90. The fraction of sp³-hybridized carbons (Fsp3) is 0.310. The second kappa shape index (κ2) is 13.6. The minimum atomic E-state index is -4.34. The maximum atomic E-state index is 14.9. The van der Waals surface area contributed by atoms with Crippen LogP contribution in [0, 0.1) is 12.7 Å². The maximum Gasteiger partial charge on any atom is 0.264 e. The van der Waals surface area contributed by atoms with E-state index in [2.05, 4.69) is 5.32 Å². The van der Waals surface area contributed by atoms with E-state index in [1.165, 1.54) is 35.2 Å². The monoisotopic (exact) mass is 573 g/mol. The zero-order valence-corrected chi connectivity index (χ0v) is 23.8. The predicted molar refractivity (Wildman–Crippen MR) is 151 cm³/mol. The minimum Gasteiger partial charge on any atom is -0.354 e. The van der Waals surface area contributed by atoms with Crippen LogP contribution in [0.2, 0.25) is 5.02 Å². The van der Waals surface area contributed by atoms with Gasteiger partial charge in [-0.2, -0.15) is 0 Å². The van der Waals surface area contributed by atoms with Gasteiger partial charge in [0, 0.05) is 18.1 Å². The maximum absolute atomic E-state index is 14.9. The molecule has 1 N–H and O–H groups in total. The first-order valence-corrected chi connectivity index (χ1v) is 14.5. The van der Waals surface area contributed by atoms with Crippen LogP contribution in [0.1, 0.15) is 37.8 Å². The first-order valence-electron chi connectivity index (χ1n) is 12.7. The normalized spacial score (nSPS) is 12.0. The molecule has 3 aromatic carbocycles. The van der Waals surface area contributed by atoms with Gasteiger partial charge in [0.1, 0.15) is 18.4 Å². The lowest BCUT2D eigenvalue weighted by atomic mass is 10.1. The van der Waals surface area contributed by atoms with Gasteiger partial charge in [-0.3, -0.25) is 13.9 Å². The summed E-state index contributed by atoms with van der Waals surface area (Å²) in [6, 6.07) is 17.3. The van der Waals surface area contributed by atoms with Gasteiger partial charge < -0.3 is 10.2 Å². The molecular weight excluding hydrogens is 541 g/mol. The van der Waals surface area contributed by atoms with E-state index >= 15 is 0 Å². The molecule has 2 amide bonds. The van der Waals surface area contributed by atoms with Crippen molar-refractivity contribution in [1.82, 2.24) is 10.2 Å². The van der Waals surface area contributed by atoms with Crippen molar-refractivity contribution in [3.05, 3.63) is 94.8 Å². The predicted octanol–water partition coefficient (Wildman–Crippen LogP) is 5.32. The van der Waals surface area contributed by atoms with E-state index in [-0.39, 0.29) is 23.0 Å². The second-order valence-corrected chi connectivity index (χ2v) is 11.5. The number of amides is 2. The van der Waals surface area contributed by atoms with Crippen molar-refractivity contribution < 1.29 is 22.4 Å². The van der Waals surface area contributed by atoms with Crippen molar-refractivity contribution in [3.63, 3.8) is 0 Å². The molecule has 0 aromatic heterocycles. The number of nitrogens with one attached hydrogen (secondary N) is 1. The molecule has 3 rings (SSSR count). The number of hydrogen-bond donors (Lipinski definition) is 1. The van der Waals surface area contributed by atoms with Crippen LogP contribution in [0.15, 0.2) is 77.7 Å². The Morgan fingerprint density at radius 2 is 1.72 bits per heavy atom. The topological polar surface area (TPSA) is 86.8 Å². The molecule has 208 valence electrons. The number of benzene rings is 3. The average molecular weight is 574 g/mol. The van der Waals surface area contributed by atoms with Gasteiger partial charge in [0.25, 0.3) is 10.0 Å². The Kier molecular flexibility index (Phi) is 10.5. The molecule has 0 saturated heterocycles. The van der Waals surface area contributed by atoms with Crippen molar-refractivity contribution in [2.45, 2.75) is 51.1 Å². The molecule has 0 heterocycles. The molecule has 0 unspecified atom stereocenters. The van der Waals surface area contributed by atoms with Crippen molar-refractivity contribution in [3.8, 4) is 0 Å². The Morgan fingerprint density at radius 1 is 1.03 bits per heavy atom. The molecule has 7 nitrogen and oxygen atoms in total. The van der Waals surface area contributed by atoms with Crippen LogP contribution >= 0.6 is 11.6 Å². The standard InChI is InChI=1S/C29H33ClFN3O4S/c1-4-5-17-32-29(36)22(3)33(19-23-9-8-10-24(30)18-23)28(35)20-34(27-12-7-6-11-26(27)31)39(37,38)25-15-13-21(2)14-16-25/h6-16,18,22H,4-5,17,19-20H2,1-3H3,(H,32,36)/t22-/m1/s1. The number of para-hydroxylation sites is 1. The second-order valence-electron chi connectivity index (χ2n) is 9.25. The Bertz CT molecular complexity index is 1400. The first kappa shape index (κ1) is 30.1. The van der Waals surface area contributed by atoms with Crippen molar-refractivity contribution in [1.29, 1.82) is 0 Å². The lowest BCUT2D eigenvalue weighted by molar-refractivity contribution is -0.139. The third-order valence-corrected chi connectivity index (χ3v) is 8.26. The van der Waals surface area contributed by atoms with Crippen molar-refractivity contribution in [2.24, 2.45) is 0 Å². The summed E-state index contributed by atoms with van der Waals surface area (Å²) in [5, 5.41) is 3.27. The number of rotatable bonds is 12. The van der Waals surface area contributed by atoms with E-state index in [9.17, 15) is 22.4 Å². The lowest BCUT2D eigenvalue weighted by Crippen LogP contribution is -2.51. The molecule has 0 saturated carbocycles. The molecule has 1 atom stereocenters. The van der Waals surface area contributed by atoms with E-state index in [1.54, 1.807) is 43.3 Å². The van der Waals surface area contributed by atoms with Crippen LogP contribution in [-0.4, -0.2) is 44.3 Å². The molecule has 0 radical (unpaired) electrons. The molecule has 10 heteroatoms. The molecule has 0 fully saturated rings. The van der Waals surface area contributed by atoms with Crippen LogP contribution in [0.3, 0.4) is 0 Å². The molecular formula is C29H33ClFN3O4S. The van der Waals surface area contributed by atoms with Crippen LogP contribution in [0.4, 0.5) is 10.1 Å². The molecule has 0 aliphatic rings. The summed E-state index contributed by atoms with van der Waals surface area (Å²) in [6.07, 6.45) is 1.66. The van der Waals surface area contributed by atoms with Crippen molar-refractivity contribution >= 4 is 39.1 Å². The largest absolute Gasteiger partial charge is 0.354 e. The summed E-state index contributed by atoms with van der Waals surface area (Å²) in [5.74, 6) is -1.85. The summed E-state index contributed by atoms with van der Waals surface area (Å²) < 4.78 is 43.1. The summed E-state index contributed by atoms with van der Waals surface area (Å²) in [7, 11) is -4.34. The zero-order valence-electron chi connectivity index (χ0n) is 22.2. The number of carbonyl (C=O) groups is 2. The molecule has 3 aromatic rings. The Morgan fingerprint density at radius 3 is 2.36 bits per heavy atom. The smallest absolute Gasteiger partial charge is 0.264 e. The zero-order chi connectivity index (χ0) is 28.6. The summed E-state index contributed by atoms with van der Waals surface area (Å²) >= 11 is 6.14. The third kappa shape index (κ3) is 7.80. The van der Waals surface area contributed by atoms with Gasteiger partial charge in [0.2, 0.25) is 11.8 Å². The number of halogens is 2. The lowest BCUT2D eigenvalue weighted by Gasteiger charge is -2.32. The van der Waals surface area contributed by atoms with Gasteiger partial charge >= 0.3 is 0 Å². The molecule has 0 spiro atoms. The highest BCUT2D eigenvalue weighted by Crippen LogP contribution is 2.27. The quantitative estimate of drug-likeness (QED) is 0.297. The number of anilines is 1. The molecule has 0 aliphatic heterocycles. The Labute approximate surface area is 234 Å². The van der Waals surface area contributed by atoms with Crippen LogP contribution in [0.5, 0.6) is 0 Å². The SMILES string of the molecule is CCCCNC(=O)[C@@H](C)N(Cc1cccc(Cl)c1)C(=O)CN(c1ccccc1F)S(=O)(=O)c1ccc(C)cc1. The molecule has 0 bridgehead atoms. The van der Waals surface area contributed by atoms with E-state index < -0.39 is 34.3 Å². The van der Waals surface area contributed by atoms with Crippen LogP contribution < -0.4 is 9.62 Å². The van der Waals surface area contributed by atoms with Gasteiger partial charge in [0.15, 0.2) is 0 Å². The number of sulfonamides is 1. The minimum absolute atomic E-state index is 0.00253. The molecule has 39 heavy (non-hydrogen) atoms. The number of nitrogens with zero attached hydrogens (tertiary/aromatic N) is 2. The van der Waals surface area contributed by atoms with Gasteiger partial charge in [0.05, 0.1) is 10.6 Å². The van der Waals surface area contributed by atoms with E-state index in [4.69, 9.17) is 11.6 Å². The number of unbranched alkanes of at least 4 members (excludes halogenated alkanes) is 1. The van der Waals surface area contributed by atoms with Crippen LogP contribution in [-0.2, 0) is 26.2 Å². The fourth-order valence-corrected chi connectivity index (χ4v) is 5.59. The highest BCUT2D eigenvalue weighted by atomic mass is 35.5. The Balaban J connectivity index is 2.01. The summed E-state index contributed by atoms with van der Waals surface area (Å²) in [4.78, 5) is 28.0. The van der Waals surface area contributed by atoms with Crippen LogP contribution in [0.25, 0.3) is 0 Å². The van der Waals surface area contributed by atoms with E-state index in [0.717, 1.165) is 28.8 Å². The summed E-state index contributed by atoms with van der Waals surface area (Å²) in [6.45, 7) is 5.11. The van der Waals surface area contributed by atoms with Crippen molar-refractivity contribution in [2.75, 3.05) is 17.4 Å². The Hall–Kier alpha value is -3.43. The first-order chi connectivity index (χ1) is 18.5. The highest BCUT2D eigenvalue weighted by molar-refractivity contribution is 7.92.